The van der Waals surface area contributed by atoms with Gasteiger partial charge in [-0.05, 0) is 12.8 Å². The first-order valence-electron chi connectivity index (χ1n) is 3.79. The topological polar surface area (TPSA) is 12.0 Å². The maximum absolute atomic E-state index is 12.3. The smallest absolute Gasteiger partial charge is 0.252 e. The van der Waals surface area contributed by atoms with Crippen LogP contribution < -0.4 is 5.32 Å². The van der Waals surface area contributed by atoms with Gasteiger partial charge in [-0.1, -0.05) is 12.8 Å². The van der Waals surface area contributed by atoms with E-state index in [0.29, 0.717) is 0 Å². The fourth-order valence-electron chi connectivity index (χ4n) is 2.15. The number of alkyl halides is 2. The summed E-state index contributed by atoms with van der Waals surface area (Å²) in [6.45, 7) is 0. The third-order valence-corrected chi connectivity index (χ3v) is 2.57. The molecule has 58 valence electrons. The molecule has 1 N–H and O–H groups in total. The van der Waals surface area contributed by atoms with Crippen molar-refractivity contribution >= 4 is 0 Å². The van der Waals surface area contributed by atoms with Gasteiger partial charge in [-0.25, -0.2) is 0 Å². The highest BCUT2D eigenvalue weighted by Crippen LogP contribution is 2.46. The van der Waals surface area contributed by atoms with Crippen LogP contribution in [0.25, 0.3) is 0 Å². The van der Waals surface area contributed by atoms with Crippen LogP contribution in [0.4, 0.5) is 8.78 Å². The Bertz CT molecular complexity index is 140. The highest BCUT2D eigenvalue weighted by molar-refractivity contribution is 5.05. The molecule has 1 aliphatic heterocycles. The summed E-state index contributed by atoms with van der Waals surface area (Å²) >= 11 is 0. The Morgan fingerprint density at radius 3 is 2.00 bits per heavy atom. The molecule has 3 heteroatoms. The standard InChI is InChI=1S/C7H11F2N/c8-7(9)5-6(10-7)3-1-2-4-6/h10H,1-5H2. The van der Waals surface area contributed by atoms with Crippen LogP contribution in [0.15, 0.2) is 0 Å². The van der Waals surface area contributed by atoms with Gasteiger partial charge in [0.25, 0.3) is 0 Å². The van der Waals surface area contributed by atoms with Gasteiger partial charge in [-0.15, -0.1) is 0 Å². The lowest BCUT2D eigenvalue weighted by Gasteiger charge is -2.46. The number of hydrogen-bond acceptors (Lipinski definition) is 1. The molecule has 2 rings (SSSR count). The second-order valence-corrected chi connectivity index (χ2v) is 3.49. The van der Waals surface area contributed by atoms with E-state index in [4.69, 9.17) is 0 Å². The zero-order valence-corrected chi connectivity index (χ0v) is 5.79. The minimum absolute atomic E-state index is 0.0694. The minimum Gasteiger partial charge on any atom is -0.252 e. The molecule has 1 heterocycles. The third-order valence-electron chi connectivity index (χ3n) is 2.57. The first-order chi connectivity index (χ1) is 4.62. The molecule has 0 bridgehead atoms. The number of hydrogen-bond donors (Lipinski definition) is 1. The van der Waals surface area contributed by atoms with Gasteiger partial charge >= 0.3 is 6.05 Å². The van der Waals surface area contributed by atoms with Gasteiger partial charge in [0.2, 0.25) is 0 Å². The highest BCUT2D eigenvalue weighted by Gasteiger charge is 2.56. The van der Waals surface area contributed by atoms with E-state index in [1.54, 1.807) is 0 Å². The van der Waals surface area contributed by atoms with Crippen molar-refractivity contribution in [3.63, 3.8) is 0 Å². The van der Waals surface area contributed by atoms with Gasteiger partial charge in [0.05, 0.1) is 0 Å². The van der Waals surface area contributed by atoms with Gasteiger partial charge < -0.3 is 0 Å². The number of halogens is 2. The van der Waals surface area contributed by atoms with Crippen LogP contribution in [0.1, 0.15) is 32.1 Å². The van der Waals surface area contributed by atoms with E-state index in [0.717, 1.165) is 25.7 Å². The zero-order valence-electron chi connectivity index (χ0n) is 5.79. The first kappa shape index (κ1) is 6.53. The van der Waals surface area contributed by atoms with Crippen molar-refractivity contribution in [3.05, 3.63) is 0 Å². The van der Waals surface area contributed by atoms with Crippen molar-refractivity contribution in [1.82, 2.24) is 5.32 Å². The van der Waals surface area contributed by atoms with Gasteiger partial charge in [0, 0.05) is 12.0 Å². The molecular weight excluding hydrogens is 136 g/mol. The summed E-state index contributed by atoms with van der Waals surface area (Å²) in [6.07, 6.45) is 4.19. The van der Waals surface area contributed by atoms with Crippen LogP contribution in [0.3, 0.4) is 0 Å². The van der Waals surface area contributed by atoms with E-state index in [1.165, 1.54) is 0 Å². The molecule has 0 amide bonds. The van der Waals surface area contributed by atoms with E-state index < -0.39 is 6.05 Å². The quantitative estimate of drug-likeness (QED) is 0.516. The van der Waals surface area contributed by atoms with Crippen molar-refractivity contribution in [2.75, 3.05) is 0 Å². The second kappa shape index (κ2) is 1.70. The lowest BCUT2D eigenvalue weighted by molar-refractivity contribution is -0.160. The van der Waals surface area contributed by atoms with Crippen LogP contribution in [0.5, 0.6) is 0 Å². The lowest BCUT2D eigenvalue weighted by atomic mass is 9.84. The van der Waals surface area contributed by atoms with E-state index in [1.807, 2.05) is 0 Å². The predicted molar refractivity (Wildman–Crippen MR) is 33.9 cm³/mol. The normalized spacial score (nSPS) is 34.2. The molecule has 0 radical (unpaired) electrons. The van der Waals surface area contributed by atoms with E-state index in [9.17, 15) is 8.78 Å². The molecule has 0 unspecified atom stereocenters. The van der Waals surface area contributed by atoms with Crippen LogP contribution in [0.2, 0.25) is 0 Å². The molecule has 1 nitrogen and oxygen atoms in total. The fraction of sp³-hybridized carbons (Fsp3) is 1.00. The van der Waals surface area contributed by atoms with Crippen LogP contribution >= 0.6 is 0 Å². The summed E-state index contributed by atoms with van der Waals surface area (Å²) in [5, 5.41) is 2.36. The van der Waals surface area contributed by atoms with Crippen molar-refractivity contribution in [2.45, 2.75) is 43.7 Å². The summed E-state index contributed by atoms with van der Waals surface area (Å²) < 4.78 is 24.6. The molecule has 0 aromatic rings. The van der Waals surface area contributed by atoms with E-state index in [2.05, 4.69) is 5.32 Å². The van der Waals surface area contributed by atoms with Crippen LogP contribution in [0, 0.1) is 0 Å². The third kappa shape index (κ3) is 0.839. The number of rotatable bonds is 0. The zero-order chi connectivity index (χ0) is 7.24. The Balaban J connectivity index is 1.98. The Morgan fingerprint density at radius 2 is 1.60 bits per heavy atom. The molecule has 0 atom stereocenters. The van der Waals surface area contributed by atoms with E-state index >= 15 is 0 Å². The van der Waals surface area contributed by atoms with Crippen molar-refractivity contribution in [3.8, 4) is 0 Å². The van der Waals surface area contributed by atoms with Crippen LogP contribution in [-0.4, -0.2) is 11.6 Å². The summed E-state index contributed by atoms with van der Waals surface area (Å²) in [4.78, 5) is 0. The fourth-order valence-corrected chi connectivity index (χ4v) is 2.15. The molecule has 0 aromatic carbocycles. The molecule has 2 aliphatic rings. The highest BCUT2D eigenvalue weighted by atomic mass is 19.3. The molecular formula is C7H11F2N. The lowest BCUT2D eigenvalue weighted by Crippen LogP contribution is -2.66. The molecule has 1 spiro atoms. The first-order valence-corrected chi connectivity index (χ1v) is 3.79. The maximum atomic E-state index is 12.3. The molecule has 1 saturated carbocycles. The van der Waals surface area contributed by atoms with Crippen molar-refractivity contribution in [2.24, 2.45) is 0 Å². The van der Waals surface area contributed by atoms with Crippen molar-refractivity contribution in [1.29, 1.82) is 0 Å². The van der Waals surface area contributed by atoms with E-state index in [-0.39, 0.29) is 12.0 Å². The summed E-state index contributed by atoms with van der Waals surface area (Å²) in [5.41, 5.74) is -0.149. The summed E-state index contributed by atoms with van der Waals surface area (Å²) in [5.74, 6) is 0. The summed E-state index contributed by atoms with van der Waals surface area (Å²) in [7, 11) is 0. The summed E-state index contributed by atoms with van der Waals surface area (Å²) in [6, 6.07) is -2.55. The molecule has 10 heavy (non-hydrogen) atoms. The molecule has 0 aromatic heterocycles. The SMILES string of the molecule is FC1(F)CC2(CCCC2)N1. The van der Waals surface area contributed by atoms with Gasteiger partial charge in [0.15, 0.2) is 0 Å². The Hall–Kier alpha value is -0.180. The predicted octanol–water partition coefficient (Wildman–Crippen LogP) is 1.89. The van der Waals surface area contributed by atoms with Gasteiger partial charge in [0.1, 0.15) is 0 Å². The van der Waals surface area contributed by atoms with Gasteiger partial charge in [-0.2, -0.15) is 8.78 Å². The average molecular weight is 147 g/mol. The number of nitrogens with one attached hydrogen (secondary N) is 1. The minimum atomic E-state index is -2.55. The Morgan fingerprint density at radius 1 is 1.10 bits per heavy atom. The largest absolute Gasteiger partial charge is 0.304 e. The Labute approximate surface area is 58.8 Å². The average Bonchev–Trinajstić information content (AvgIpc) is 2.10. The van der Waals surface area contributed by atoms with Crippen molar-refractivity contribution < 1.29 is 8.78 Å². The second-order valence-electron chi connectivity index (χ2n) is 3.49. The van der Waals surface area contributed by atoms with Crippen LogP contribution in [-0.2, 0) is 0 Å². The Kier molecular flexibility index (Phi) is 1.11. The molecule has 1 aliphatic carbocycles. The maximum Gasteiger partial charge on any atom is 0.304 e. The van der Waals surface area contributed by atoms with Gasteiger partial charge in [-0.3, -0.25) is 5.32 Å². The molecule has 2 fully saturated rings. The molecule has 1 saturated heterocycles. The monoisotopic (exact) mass is 147 g/mol.